The third-order valence-corrected chi connectivity index (χ3v) is 3.82. The van der Waals surface area contributed by atoms with Crippen molar-refractivity contribution in [2.24, 2.45) is 0 Å². The minimum absolute atomic E-state index is 0.716. The van der Waals surface area contributed by atoms with Gasteiger partial charge in [0.25, 0.3) is 0 Å². The number of fused-ring (bicyclic) bond motifs is 1. The Labute approximate surface area is 114 Å². The number of thioether (sulfide) groups is 1. The molecule has 18 heavy (non-hydrogen) atoms. The number of nitrogens with zero attached hydrogens (tertiary/aromatic N) is 1. The lowest BCUT2D eigenvalue weighted by Gasteiger charge is -1.97. The molecule has 0 radical (unpaired) electrons. The zero-order chi connectivity index (χ0) is 12.4. The van der Waals surface area contributed by atoms with Gasteiger partial charge in [-0.1, -0.05) is 53.7 Å². The number of nitrogens with one attached hydrogen (secondary N) is 1. The summed E-state index contributed by atoms with van der Waals surface area (Å²) in [5.74, 6) is 0.911. The van der Waals surface area contributed by atoms with E-state index in [1.165, 1.54) is 5.56 Å². The van der Waals surface area contributed by atoms with Crippen LogP contribution in [-0.2, 0) is 5.75 Å². The molecule has 0 aliphatic carbocycles. The van der Waals surface area contributed by atoms with Gasteiger partial charge < -0.3 is 4.98 Å². The smallest absolute Gasteiger partial charge is 0.166 e. The predicted molar refractivity (Wildman–Crippen MR) is 77.1 cm³/mol. The monoisotopic (exact) mass is 274 g/mol. The molecule has 0 atom stereocenters. The third kappa shape index (κ3) is 2.52. The van der Waals surface area contributed by atoms with Crippen LogP contribution in [-0.4, -0.2) is 9.97 Å². The molecule has 1 heterocycles. The quantitative estimate of drug-likeness (QED) is 0.712. The summed E-state index contributed by atoms with van der Waals surface area (Å²) in [4.78, 5) is 7.80. The van der Waals surface area contributed by atoms with Crippen molar-refractivity contribution in [3.05, 3.63) is 59.1 Å². The lowest BCUT2D eigenvalue weighted by molar-refractivity contribution is 1.08. The predicted octanol–water partition coefficient (Wildman–Crippen LogP) is 4.51. The number of aromatic nitrogens is 2. The fourth-order valence-electron chi connectivity index (χ4n) is 1.75. The molecule has 0 amide bonds. The molecule has 2 aromatic carbocycles. The topological polar surface area (TPSA) is 28.7 Å². The molecule has 3 aromatic rings. The highest BCUT2D eigenvalue weighted by molar-refractivity contribution is 7.98. The molecule has 1 N–H and O–H groups in total. The molecule has 0 unspecified atom stereocenters. The van der Waals surface area contributed by atoms with E-state index in [2.05, 4.69) is 22.1 Å². The highest BCUT2D eigenvalue weighted by Crippen LogP contribution is 2.24. The Morgan fingerprint density at radius 3 is 2.78 bits per heavy atom. The molecule has 0 spiro atoms. The van der Waals surface area contributed by atoms with E-state index in [4.69, 9.17) is 11.6 Å². The summed E-state index contributed by atoms with van der Waals surface area (Å²) in [6.07, 6.45) is 0. The van der Waals surface area contributed by atoms with Crippen molar-refractivity contribution in [2.45, 2.75) is 10.9 Å². The van der Waals surface area contributed by atoms with Crippen molar-refractivity contribution < 1.29 is 0 Å². The molecule has 90 valence electrons. The van der Waals surface area contributed by atoms with E-state index in [1.54, 1.807) is 11.8 Å². The van der Waals surface area contributed by atoms with Crippen LogP contribution in [0.3, 0.4) is 0 Å². The van der Waals surface area contributed by atoms with E-state index in [0.717, 1.165) is 21.9 Å². The van der Waals surface area contributed by atoms with E-state index in [1.807, 2.05) is 36.4 Å². The van der Waals surface area contributed by atoms with Crippen LogP contribution in [0.15, 0.2) is 53.7 Å². The summed E-state index contributed by atoms with van der Waals surface area (Å²) in [5.41, 5.74) is 3.23. The second kappa shape index (κ2) is 5.04. The van der Waals surface area contributed by atoms with Crippen molar-refractivity contribution in [1.82, 2.24) is 9.97 Å². The molecule has 0 saturated carbocycles. The lowest BCUT2D eigenvalue weighted by atomic mass is 10.2. The van der Waals surface area contributed by atoms with Crippen molar-refractivity contribution in [2.75, 3.05) is 0 Å². The Morgan fingerprint density at radius 2 is 1.94 bits per heavy atom. The number of benzene rings is 2. The summed E-state index contributed by atoms with van der Waals surface area (Å²) >= 11 is 7.64. The van der Waals surface area contributed by atoms with E-state index in [9.17, 15) is 0 Å². The fourth-order valence-corrected chi connectivity index (χ4v) is 2.76. The van der Waals surface area contributed by atoms with Gasteiger partial charge in [0.15, 0.2) is 5.16 Å². The van der Waals surface area contributed by atoms with Gasteiger partial charge in [-0.25, -0.2) is 4.98 Å². The van der Waals surface area contributed by atoms with Crippen LogP contribution in [0.2, 0.25) is 5.02 Å². The Kier molecular flexibility index (Phi) is 3.26. The van der Waals surface area contributed by atoms with Gasteiger partial charge >= 0.3 is 0 Å². The summed E-state index contributed by atoms with van der Waals surface area (Å²) < 4.78 is 0. The molecule has 0 saturated heterocycles. The average Bonchev–Trinajstić information content (AvgIpc) is 2.79. The molecule has 0 fully saturated rings. The first kappa shape index (κ1) is 11.6. The molecule has 2 nitrogen and oxygen atoms in total. The zero-order valence-corrected chi connectivity index (χ0v) is 11.1. The van der Waals surface area contributed by atoms with Crippen molar-refractivity contribution in [3.8, 4) is 0 Å². The van der Waals surface area contributed by atoms with Gasteiger partial charge in [0.1, 0.15) is 0 Å². The van der Waals surface area contributed by atoms with Crippen LogP contribution in [0.1, 0.15) is 5.56 Å². The molecule has 0 aliphatic rings. The van der Waals surface area contributed by atoms with Gasteiger partial charge in [-0.3, -0.25) is 0 Å². The molecular formula is C14H11ClN2S. The largest absolute Gasteiger partial charge is 0.333 e. The average molecular weight is 275 g/mol. The van der Waals surface area contributed by atoms with Crippen molar-refractivity contribution in [3.63, 3.8) is 0 Å². The van der Waals surface area contributed by atoms with E-state index in [0.29, 0.717) is 5.02 Å². The third-order valence-electron chi connectivity index (χ3n) is 2.64. The van der Waals surface area contributed by atoms with Crippen molar-refractivity contribution in [1.29, 1.82) is 0 Å². The number of hydrogen-bond donors (Lipinski definition) is 1. The summed E-state index contributed by atoms with van der Waals surface area (Å²) in [7, 11) is 0. The second-order valence-corrected chi connectivity index (χ2v) is 5.38. The number of hydrogen-bond acceptors (Lipinski definition) is 2. The number of H-pyrrole nitrogens is 1. The number of halogens is 1. The van der Waals surface area contributed by atoms with Gasteiger partial charge in [0.05, 0.1) is 11.0 Å². The Hall–Kier alpha value is -1.45. The van der Waals surface area contributed by atoms with Crippen LogP contribution in [0.5, 0.6) is 0 Å². The summed E-state index contributed by atoms with van der Waals surface area (Å²) in [6, 6.07) is 16.1. The fraction of sp³-hybridized carbons (Fsp3) is 0.0714. The first-order valence-corrected chi connectivity index (χ1v) is 6.99. The maximum atomic E-state index is 5.94. The van der Waals surface area contributed by atoms with Crippen LogP contribution in [0.25, 0.3) is 11.0 Å². The van der Waals surface area contributed by atoms with Crippen molar-refractivity contribution >= 4 is 34.4 Å². The molecule has 1 aromatic heterocycles. The van der Waals surface area contributed by atoms with Gasteiger partial charge in [-0.15, -0.1) is 0 Å². The highest BCUT2D eigenvalue weighted by atomic mass is 35.5. The standard InChI is InChI=1S/C14H11ClN2S/c15-11-6-7-12-13(8-11)17-14(16-12)18-9-10-4-2-1-3-5-10/h1-8H,9H2,(H,16,17). The van der Waals surface area contributed by atoms with E-state index in [-0.39, 0.29) is 0 Å². The van der Waals surface area contributed by atoms with Gasteiger partial charge in [-0.2, -0.15) is 0 Å². The number of aromatic amines is 1. The van der Waals surface area contributed by atoms with Gasteiger partial charge in [0.2, 0.25) is 0 Å². The van der Waals surface area contributed by atoms with Crippen LogP contribution >= 0.6 is 23.4 Å². The van der Waals surface area contributed by atoms with Crippen LogP contribution in [0, 0.1) is 0 Å². The van der Waals surface area contributed by atoms with Gasteiger partial charge in [0, 0.05) is 10.8 Å². The normalized spacial score (nSPS) is 10.9. The molecule has 3 rings (SSSR count). The molecule has 4 heteroatoms. The summed E-state index contributed by atoms with van der Waals surface area (Å²) in [6.45, 7) is 0. The van der Waals surface area contributed by atoms with E-state index < -0.39 is 0 Å². The highest BCUT2D eigenvalue weighted by Gasteiger charge is 2.04. The number of rotatable bonds is 3. The minimum atomic E-state index is 0.716. The molecule has 0 bridgehead atoms. The Balaban J connectivity index is 1.79. The minimum Gasteiger partial charge on any atom is -0.333 e. The van der Waals surface area contributed by atoms with Crippen LogP contribution in [0.4, 0.5) is 0 Å². The first-order chi connectivity index (χ1) is 8.81. The zero-order valence-electron chi connectivity index (χ0n) is 9.56. The molecule has 0 aliphatic heterocycles. The first-order valence-electron chi connectivity index (χ1n) is 5.63. The SMILES string of the molecule is Clc1ccc2[nH]c(SCc3ccccc3)nc2c1. The number of imidazole rings is 1. The summed E-state index contributed by atoms with van der Waals surface area (Å²) in [5, 5.41) is 1.64. The Bertz CT molecular complexity index is 664. The van der Waals surface area contributed by atoms with Crippen LogP contribution < -0.4 is 0 Å². The van der Waals surface area contributed by atoms with E-state index >= 15 is 0 Å². The molecular weight excluding hydrogens is 264 g/mol. The Morgan fingerprint density at radius 1 is 1.11 bits per heavy atom. The van der Waals surface area contributed by atoms with Gasteiger partial charge in [-0.05, 0) is 23.8 Å². The lowest BCUT2D eigenvalue weighted by Crippen LogP contribution is -1.80. The maximum Gasteiger partial charge on any atom is 0.166 e. The second-order valence-electron chi connectivity index (χ2n) is 3.98. The maximum absolute atomic E-state index is 5.94.